The molecule has 0 unspecified atom stereocenters. The van der Waals surface area contributed by atoms with Gasteiger partial charge in [-0.2, -0.15) is 0 Å². The number of ether oxygens (including phenoxy) is 2. The van der Waals surface area contributed by atoms with E-state index < -0.39 is 0 Å². The van der Waals surface area contributed by atoms with E-state index in [2.05, 4.69) is 5.92 Å². The monoisotopic (exact) mass is 208 g/mol. The molecule has 2 heteroatoms. The highest BCUT2D eigenvalue weighted by atomic mass is 16.7. The third kappa shape index (κ3) is 1.79. The highest BCUT2D eigenvalue weighted by Gasteiger charge is 2.56. The van der Waals surface area contributed by atoms with E-state index in [-0.39, 0.29) is 5.79 Å². The largest absolute Gasteiger partial charge is 0.353 e. The first kappa shape index (κ1) is 11.0. The number of rotatable bonds is 2. The van der Waals surface area contributed by atoms with Crippen molar-refractivity contribution in [2.24, 2.45) is 11.3 Å². The Kier molecular flexibility index (Phi) is 2.79. The minimum absolute atomic E-state index is 0.289. The molecule has 0 heterocycles. The average Bonchev–Trinajstić information content (AvgIpc) is 2.26. The first-order chi connectivity index (χ1) is 7.17. The maximum Gasteiger partial charge on any atom is 0.168 e. The summed E-state index contributed by atoms with van der Waals surface area (Å²) in [5.74, 6) is 3.10. The number of hydrogen-bond acceptors (Lipinski definition) is 2. The SMILES string of the molecule is C#CC1CCC2(CC1)CC(OC)(OC)C2. The molecule has 0 amide bonds. The number of methoxy groups -OCH3 is 2. The Morgan fingerprint density at radius 2 is 1.67 bits per heavy atom. The Morgan fingerprint density at radius 3 is 2.07 bits per heavy atom. The highest BCUT2D eigenvalue weighted by molar-refractivity contribution is 5.05. The van der Waals surface area contributed by atoms with Gasteiger partial charge in [-0.05, 0) is 31.1 Å². The summed E-state index contributed by atoms with van der Waals surface area (Å²) in [6.07, 6.45) is 12.4. The van der Waals surface area contributed by atoms with Crippen LogP contribution in [0.3, 0.4) is 0 Å². The molecule has 2 rings (SSSR count). The second kappa shape index (κ2) is 3.81. The van der Waals surface area contributed by atoms with Gasteiger partial charge in [0.1, 0.15) is 0 Å². The third-order valence-electron chi connectivity index (χ3n) is 4.31. The van der Waals surface area contributed by atoms with E-state index in [1.807, 2.05) is 0 Å². The maximum absolute atomic E-state index is 5.46. The van der Waals surface area contributed by atoms with Crippen LogP contribution in [-0.2, 0) is 9.47 Å². The molecule has 2 fully saturated rings. The van der Waals surface area contributed by atoms with Crippen molar-refractivity contribution in [3.63, 3.8) is 0 Å². The topological polar surface area (TPSA) is 18.5 Å². The summed E-state index contributed by atoms with van der Waals surface area (Å²) < 4.78 is 10.9. The van der Waals surface area contributed by atoms with Crippen LogP contribution in [0, 0.1) is 23.7 Å². The van der Waals surface area contributed by atoms with Gasteiger partial charge in [-0.3, -0.25) is 0 Å². The van der Waals surface area contributed by atoms with Gasteiger partial charge >= 0.3 is 0 Å². The van der Waals surface area contributed by atoms with E-state index in [0.29, 0.717) is 11.3 Å². The zero-order chi connectivity index (χ0) is 10.9. The molecule has 0 saturated heterocycles. The fourth-order valence-corrected chi connectivity index (χ4v) is 3.21. The molecule has 2 aliphatic carbocycles. The summed E-state index contributed by atoms with van der Waals surface area (Å²) in [6, 6.07) is 0. The molecule has 0 aromatic carbocycles. The third-order valence-corrected chi connectivity index (χ3v) is 4.31. The molecular weight excluding hydrogens is 188 g/mol. The van der Waals surface area contributed by atoms with E-state index in [1.54, 1.807) is 14.2 Å². The Morgan fingerprint density at radius 1 is 1.13 bits per heavy atom. The van der Waals surface area contributed by atoms with Crippen molar-refractivity contribution in [1.82, 2.24) is 0 Å². The van der Waals surface area contributed by atoms with Crippen LogP contribution in [0.5, 0.6) is 0 Å². The van der Waals surface area contributed by atoms with Gasteiger partial charge in [0.05, 0.1) is 0 Å². The summed E-state index contributed by atoms with van der Waals surface area (Å²) in [4.78, 5) is 0. The molecule has 0 aliphatic heterocycles. The van der Waals surface area contributed by atoms with Gasteiger partial charge in [-0.25, -0.2) is 0 Å². The Balaban J connectivity index is 1.90. The molecule has 0 aromatic heterocycles. The van der Waals surface area contributed by atoms with Crippen molar-refractivity contribution in [2.75, 3.05) is 14.2 Å². The molecule has 0 bridgehead atoms. The van der Waals surface area contributed by atoms with Crippen LogP contribution >= 0.6 is 0 Å². The molecule has 2 aliphatic rings. The zero-order valence-corrected chi connectivity index (χ0v) is 9.71. The van der Waals surface area contributed by atoms with Crippen molar-refractivity contribution < 1.29 is 9.47 Å². The van der Waals surface area contributed by atoms with Gasteiger partial charge in [0.15, 0.2) is 5.79 Å². The summed E-state index contributed by atoms with van der Waals surface area (Å²) in [5, 5.41) is 0. The minimum atomic E-state index is -0.289. The molecule has 0 N–H and O–H groups in total. The van der Waals surface area contributed by atoms with Gasteiger partial charge in [0, 0.05) is 33.0 Å². The van der Waals surface area contributed by atoms with E-state index in [0.717, 1.165) is 12.8 Å². The summed E-state index contributed by atoms with van der Waals surface area (Å²) in [6.45, 7) is 0. The first-order valence-corrected chi connectivity index (χ1v) is 5.74. The predicted octanol–water partition coefficient (Wildman–Crippen LogP) is 2.58. The molecule has 0 aromatic rings. The molecule has 2 saturated carbocycles. The molecule has 2 nitrogen and oxygen atoms in total. The average molecular weight is 208 g/mol. The lowest BCUT2D eigenvalue weighted by Crippen LogP contribution is -2.55. The van der Waals surface area contributed by atoms with Gasteiger partial charge in [0.25, 0.3) is 0 Å². The van der Waals surface area contributed by atoms with Crippen LogP contribution in [0.25, 0.3) is 0 Å². The highest BCUT2D eigenvalue weighted by Crippen LogP contribution is 2.58. The standard InChI is InChI=1S/C13H20O2/c1-4-11-5-7-12(8-6-11)9-13(10-12,14-2)15-3/h1,11H,5-10H2,2-3H3. The van der Waals surface area contributed by atoms with E-state index in [1.165, 1.54) is 25.7 Å². The van der Waals surface area contributed by atoms with Crippen molar-refractivity contribution in [2.45, 2.75) is 44.3 Å². The number of hydrogen-bond donors (Lipinski definition) is 0. The van der Waals surface area contributed by atoms with E-state index >= 15 is 0 Å². The van der Waals surface area contributed by atoms with Gasteiger partial charge < -0.3 is 9.47 Å². The van der Waals surface area contributed by atoms with Crippen LogP contribution in [0.1, 0.15) is 38.5 Å². The maximum atomic E-state index is 5.46. The second-order valence-corrected chi connectivity index (χ2v) is 5.11. The normalized spacial score (nSPS) is 28.3. The summed E-state index contributed by atoms with van der Waals surface area (Å²) >= 11 is 0. The van der Waals surface area contributed by atoms with Crippen LogP contribution in [-0.4, -0.2) is 20.0 Å². The van der Waals surface area contributed by atoms with Crippen LogP contribution in [0.2, 0.25) is 0 Å². The first-order valence-electron chi connectivity index (χ1n) is 5.74. The molecule has 1 spiro atoms. The van der Waals surface area contributed by atoms with E-state index in [4.69, 9.17) is 15.9 Å². The van der Waals surface area contributed by atoms with Crippen molar-refractivity contribution in [3.05, 3.63) is 0 Å². The quantitative estimate of drug-likeness (QED) is 0.513. The lowest BCUT2D eigenvalue weighted by atomic mass is 9.56. The van der Waals surface area contributed by atoms with Gasteiger partial charge in [-0.15, -0.1) is 12.3 Å². The molecule has 15 heavy (non-hydrogen) atoms. The Labute approximate surface area is 92.3 Å². The van der Waals surface area contributed by atoms with Crippen molar-refractivity contribution in [1.29, 1.82) is 0 Å². The lowest BCUT2D eigenvalue weighted by molar-refractivity contribution is -0.302. The van der Waals surface area contributed by atoms with Crippen molar-refractivity contribution >= 4 is 0 Å². The van der Waals surface area contributed by atoms with Crippen LogP contribution in [0.4, 0.5) is 0 Å². The second-order valence-electron chi connectivity index (χ2n) is 5.11. The lowest BCUT2D eigenvalue weighted by Gasteiger charge is -2.56. The van der Waals surface area contributed by atoms with Gasteiger partial charge in [-0.1, -0.05) is 0 Å². The predicted molar refractivity (Wildman–Crippen MR) is 59.2 cm³/mol. The van der Waals surface area contributed by atoms with Crippen LogP contribution < -0.4 is 0 Å². The van der Waals surface area contributed by atoms with Gasteiger partial charge in [0.2, 0.25) is 0 Å². The van der Waals surface area contributed by atoms with Crippen LogP contribution in [0.15, 0.2) is 0 Å². The summed E-state index contributed by atoms with van der Waals surface area (Å²) in [5.41, 5.74) is 0.472. The molecular formula is C13H20O2. The minimum Gasteiger partial charge on any atom is -0.353 e. The summed E-state index contributed by atoms with van der Waals surface area (Å²) in [7, 11) is 3.48. The Bertz CT molecular complexity index is 255. The van der Waals surface area contributed by atoms with Crippen molar-refractivity contribution in [3.8, 4) is 12.3 Å². The molecule has 84 valence electrons. The van der Waals surface area contributed by atoms with E-state index in [9.17, 15) is 0 Å². The fraction of sp³-hybridized carbons (Fsp3) is 0.846. The number of terminal acetylenes is 1. The Hall–Kier alpha value is -0.520. The smallest absolute Gasteiger partial charge is 0.168 e. The molecule has 0 atom stereocenters. The molecule has 0 radical (unpaired) electrons. The fourth-order valence-electron chi connectivity index (χ4n) is 3.21. The zero-order valence-electron chi connectivity index (χ0n) is 9.71.